The van der Waals surface area contributed by atoms with E-state index < -0.39 is 12.1 Å². The Morgan fingerprint density at radius 1 is 0.365 bits per heavy atom. The van der Waals surface area contributed by atoms with Crippen molar-refractivity contribution in [3.63, 3.8) is 0 Å². The van der Waals surface area contributed by atoms with Crippen molar-refractivity contribution in [3.8, 4) is 0 Å². The molecule has 0 aromatic heterocycles. The number of nitrogens with one attached hydrogen (secondary N) is 1. The number of esters is 1. The smallest absolute Gasteiger partial charge is 0.305 e. The van der Waals surface area contributed by atoms with E-state index >= 15 is 0 Å². The molecule has 0 aromatic carbocycles. The van der Waals surface area contributed by atoms with Crippen LogP contribution >= 0.6 is 0 Å². The number of aliphatic hydroxyl groups is 2. The van der Waals surface area contributed by atoms with Gasteiger partial charge in [0.1, 0.15) is 0 Å². The van der Waals surface area contributed by atoms with E-state index in [1.165, 1.54) is 289 Å². The molecule has 0 saturated heterocycles. The highest BCUT2D eigenvalue weighted by Crippen LogP contribution is 2.17. The second kappa shape index (κ2) is 63.6. The first-order valence-corrected chi connectivity index (χ1v) is 33.3. The molecule has 3 N–H and O–H groups in total. The number of rotatable bonds is 62. The van der Waals surface area contributed by atoms with Crippen LogP contribution < -0.4 is 5.32 Å². The van der Waals surface area contributed by atoms with E-state index in [-0.39, 0.29) is 18.5 Å². The first kappa shape index (κ1) is 72.1. The third kappa shape index (κ3) is 59.3. The summed E-state index contributed by atoms with van der Waals surface area (Å²) >= 11 is 0. The van der Waals surface area contributed by atoms with E-state index in [1.807, 2.05) is 6.08 Å². The van der Waals surface area contributed by atoms with Gasteiger partial charge in [-0.05, 0) is 83.5 Å². The van der Waals surface area contributed by atoms with Gasteiger partial charge in [0.2, 0.25) is 5.91 Å². The van der Waals surface area contributed by atoms with Gasteiger partial charge in [0.15, 0.2) is 0 Å². The summed E-state index contributed by atoms with van der Waals surface area (Å²) in [7, 11) is 0. The van der Waals surface area contributed by atoms with Crippen LogP contribution in [0.25, 0.3) is 0 Å². The fourth-order valence-electron chi connectivity index (χ4n) is 10.3. The zero-order chi connectivity index (χ0) is 53.6. The summed E-state index contributed by atoms with van der Waals surface area (Å²) in [5.74, 6) is -0.0569. The van der Waals surface area contributed by atoms with Crippen molar-refractivity contribution in [1.82, 2.24) is 5.32 Å². The van der Waals surface area contributed by atoms with Crippen LogP contribution in [-0.4, -0.2) is 47.4 Å². The predicted molar refractivity (Wildman–Crippen MR) is 324 cm³/mol. The minimum atomic E-state index is -0.841. The zero-order valence-electron chi connectivity index (χ0n) is 49.8. The quantitative estimate of drug-likeness (QED) is 0.0320. The molecule has 0 fully saturated rings. The molecule has 2 atom stereocenters. The Labute approximate surface area is 462 Å². The summed E-state index contributed by atoms with van der Waals surface area (Å²) in [4.78, 5) is 24.5. The Kier molecular flexibility index (Phi) is 62.0. The molecule has 74 heavy (non-hydrogen) atoms. The van der Waals surface area contributed by atoms with E-state index in [9.17, 15) is 19.8 Å². The molecular formula is C68H129NO5. The minimum absolute atomic E-state index is 0.0101. The second-order valence-corrected chi connectivity index (χ2v) is 22.8. The molecule has 0 aromatic rings. The molecule has 0 spiro atoms. The van der Waals surface area contributed by atoms with Gasteiger partial charge in [-0.1, -0.05) is 301 Å². The van der Waals surface area contributed by atoms with Gasteiger partial charge in [-0.15, -0.1) is 0 Å². The van der Waals surface area contributed by atoms with Gasteiger partial charge in [-0.25, -0.2) is 0 Å². The van der Waals surface area contributed by atoms with Gasteiger partial charge in [0.25, 0.3) is 0 Å². The maximum absolute atomic E-state index is 12.4. The molecule has 0 aliphatic heterocycles. The molecule has 0 rings (SSSR count). The maximum atomic E-state index is 12.4. The number of carbonyl (C=O) groups is 2. The number of carbonyl (C=O) groups excluding carboxylic acids is 2. The SMILES string of the molecule is CCCCCCCCC/C=C\CCCCCCCC(=O)OCCCCCCCCCCCCCC/C=C\CCCCCCCCCCCCCCCCCC(=O)NC(CO)C(O)/C=C/CCCCCCCCCC. The van der Waals surface area contributed by atoms with E-state index in [0.717, 1.165) is 44.9 Å². The fraction of sp³-hybridized carbons (Fsp3) is 0.882. The topological polar surface area (TPSA) is 95.9 Å². The second-order valence-electron chi connectivity index (χ2n) is 22.8. The standard InChI is InChI=1S/C68H129NO5/c1-3-5-7-9-11-13-15-16-17-36-39-42-46-50-54-58-62-68(73)74-63-59-55-51-47-43-40-37-34-32-30-28-26-24-22-20-18-19-21-23-25-27-29-31-33-35-38-41-45-49-53-57-61-67(72)69-65(64-70)66(71)60-56-52-48-44-14-12-10-8-6-4-2/h17,20,22,36,56,60,65-66,70-71H,3-16,18-19,21,23-35,37-55,57-59,61-64H2,1-2H3,(H,69,72)/b22-20-,36-17-,60-56+. The molecule has 0 heterocycles. The molecule has 2 unspecified atom stereocenters. The first-order chi connectivity index (χ1) is 36.5. The lowest BCUT2D eigenvalue weighted by molar-refractivity contribution is -0.143. The van der Waals surface area contributed by atoms with E-state index in [0.29, 0.717) is 19.4 Å². The van der Waals surface area contributed by atoms with E-state index in [1.54, 1.807) is 6.08 Å². The molecule has 6 heteroatoms. The predicted octanol–water partition coefficient (Wildman–Crippen LogP) is 21.1. The summed E-state index contributed by atoms with van der Waals surface area (Å²) in [5.41, 5.74) is 0. The van der Waals surface area contributed by atoms with Crippen molar-refractivity contribution in [2.24, 2.45) is 0 Å². The summed E-state index contributed by atoms with van der Waals surface area (Å²) in [6, 6.07) is -0.624. The number of ether oxygens (including phenoxy) is 1. The molecule has 0 aliphatic carbocycles. The number of hydrogen-bond donors (Lipinski definition) is 3. The van der Waals surface area contributed by atoms with Gasteiger partial charge < -0.3 is 20.3 Å². The van der Waals surface area contributed by atoms with Crippen LogP contribution in [-0.2, 0) is 14.3 Å². The third-order valence-electron chi connectivity index (χ3n) is 15.4. The lowest BCUT2D eigenvalue weighted by atomic mass is 10.0. The van der Waals surface area contributed by atoms with Crippen LogP contribution in [0.4, 0.5) is 0 Å². The molecule has 1 amide bonds. The highest BCUT2D eigenvalue weighted by atomic mass is 16.5. The summed E-state index contributed by atoms with van der Waals surface area (Å²) in [6.45, 7) is 4.90. The van der Waals surface area contributed by atoms with Gasteiger partial charge in [0.05, 0.1) is 25.4 Å². The monoisotopic (exact) mass is 1040 g/mol. The molecule has 6 nitrogen and oxygen atoms in total. The number of aliphatic hydroxyl groups excluding tert-OH is 2. The highest BCUT2D eigenvalue weighted by Gasteiger charge is 2.18. The lowest BCUT2D eigenvalue weighted by Gasteiger charge is -2.20. The van der Waals surface area contributed by atoms with Gasteiger partial charge >= 0.3 is 5.97 Å². The maximum Gasteiger partial charge on any atom is 0.305 e. The molecule has 0 saturated carbocycles. The fourth-order valence-corrected chi connectivity index (χ4v) is 10.3. The lowest BCUT2D eigenvalue weighted by Crippen LogP contribution is -2.45. The number of amides is 1. The van der Waals surface area contributed by atoms with E-state index in [4.69, 9.17) is 4.74 Å². The third-order valence-corrected chi connectivity index (χ3v) is 15.4. The number of unbranched alkanes of at least 4 members (excludes halogenated alkanes) is 47. The average Bonchev–Trinajstić information content (AvgIpc) is 3.40. The van der Waals surface area contributed by atoms with Crippen molar-refractivity contribution in [2.75, 3.05) is 13.2 Å². The normalized spacial score (nSPS) is 12.8. The summed E-state index contributed by atoms with van der Waals surface area (Å²) in [6.07, 6.45) is 80.8. The van der Waals surface area contributed by atoms with Crippen LogP contribution in [0.3, 0.4) is 0 Å². The Bertz CT molecular complexity index is 1200. The molecule has 0 radical (unpaired) electrons. The van der Waals surface area contributed by atoms with Crippen LogP contribution in [0.5, 0.6) is 0 Å². The van der Waals surface area contributed by atoms with Crippen LogP contribution in [0.15, 0.2) is 36.5 Å². The summed E-state index contributed by atoms with van der Waals surface area (Å²) < 4.78 is 5.49. The van der Waals surface area contributed by atoms with Crippen molar-refractivity contribution < 1.29 is 24.5 Å². The first-order valence-electron chi connectivity index (χ1n) is 33.3. The number of hydrogen-bond acceptors (Lipinski definition) is 5. The largest absolute Gasteiger partial charge is 0.466 e. The Morgan fingerprint density at radius 3 is 0.959 bits per heavy atom. The van der Waals surface area contributed by atoms with E-state index in [2.05, 4.69) is 43.5 Å². The van der Waals surface area contributed by atoms with Gasteiger partial charge in [-0.2, -0.15) is 0 Å². The summed E-state index contributed by atoms with van der Waals surface area (Å²) in [5, 5.41) is 23.0. The molecule has 436 valence electrons. The van der Waals surface area contributed by atoms with Gasteiger partial charge in [-0.3, -0.25) is 9.59 Å². The number of allylic oxidation sites excluding steroid dienone is 5. The zero-order valence-corrected chi connectivity index (χ0v) is 49.8. The van der Waals surface area contributed by atoms with Crippen molar-refractivity contribution >= 4 is 11.9 Å². The minimum Gasteiger partial charge on any atom is -0.466 e. The Balaban J connectivity index is 3.34. The van der Waals surface area contributed by atoms with Crippen molar-refractivity contribution in [2.45, 2.75) is 373 Å². The molecule has 0 bridgehead atoms. The highest BCUT2D eigenvalue weighted by molar-refractivity contribution is 5.76. The van der Waals surface area contributed by atoms with Crippen LogP contribution in [0.1, 0.15) is 361 Å². The van der Waals surface area contributed by atoms with Crippen LogP contribution in [0.2, 0.25) is 0 Å². The Hall–Kier alpha value is -1.92. The average molecular weight is 1040 g/mol. The van der Waals surface area contributed by atoms with Gasteiger partial charge in [0, 0.05) is 12.8 Å². The van der Waals surface area contributed by atoms with Crippen LogP contribution in [0, 0.1) is 0 Å². The Morgan fingerprint density at radius 2 is 0.635 bits per heavy atom. The molecular weight excluding hydrogens is 911 g/mol. The van der Waals surface area contributed by atoms with Crippen molar-refractivity contribution in [1.29, 1.82) is 0 Å². The molecule has 0 aliphatic rings. The van der Waals surface area contributed by atoms with Crippen molar-refractivity contribution in [3.05, 3.63) is 36.5 Å².